The van der Waals surface area contributed by atoms with Crippen LogP contribution in [0.15, 0.2) is 42.7 Å². The molecule has 0 saturated heterocycles. The first-order valence-corrected chi connectivity index (χ1v) is 5.88. The van der Waals surface area contributed by atoms with Crippen molar-refractivity contribution in [2.24, 2.45) is 0 Å². The fraction of sp³-hybridized carbons (Fsp3) is 0. The Morgan fingerprint density at radius 3 is 2.53 bits per heavy atom. The Morgan fingerprint density at radius 2 is 1.79 bits per heavy atom. The molecule has 0 saturated carbocycles. The summed E-state index contributed by atoms with van der Waals surface area (Å²) in [4.78, 5) is 11.7. The molecule has 2 aromatic heterocycles. The van der Waals surface area contributed by atoms with Gasteiger partial charge in [-0.25, -0.2) is 4.68 Å². The second kappa shape index (κ2) is 4.66. The predicted octanol–water partition coefficient (Wildman–Crippen LogP) is 1.96. The number of hydrogen-bond acceptors (Lipinski definition) is 5. The number of aromatic nitrogens is 5. The number of nitrogens with two attached hydrogens (primary N) is 1. The number of nitrogen functional groups attached to an aromatic ring is 1. The molecule has 0 spiro atoms. The number of halogens is 1. The monoisotopic (exact) mass is 272 g/mol. The molecule has 0 atom stereocenters. The Bertz CT molecular complexity index is 689. The van der Waals surface area contributed by atoms with Crippen LogP contribution in [0.25, 0.3) is 17.1 Å². The molecule has 19 heavy (non-hydrogen) atoms. The van der Waals surface area contributed by atoms with Crippen molar-refractivity contribution in [2.45, 2.75) is 0 Å². The minimum Gasteiger partial charge on any atom is -0.368 e. The highest BCUT2D eigenvalue weighted by molar-refractivity contribution is 6.28. The largest absolute Gasteiger partial charge is 0.368 e. The van der Waals surface area contributed by atoms with E-state index in [1.807, 2.05) is 30.3 Å². The maximum absolute atomic E-state index is 5.74. The van der Waals surface area contributed by atoms with Crippen molar-refractivity contribution in [3.05, 3.63) is 48.0 Å². The lowest BCUT2D eigenvalue weighted by atomic mass is 10.1. The van der Waals surface area contributed by atoms with E-state index in [4.69, 9.17) is 17.3 Å². The lowest BCUT2D eigenvalue weighted by Crippen LogP contribution is -2.06. The van der Waals surface area contributed by atoms with E-state index in [1.165, 1.54) is 4.68 Å². The van der Waals surface area contributed by atoms with Crippen LogP contribution in [-0.2, 0) is 0 Å². The zero-order valence-electron chi connectivity index (χ0n) is 9.73. The van der Waals surface area contributed by atoms with E-state index in [2.05, 4.69) is 20.1 Å². The summed E-state index contributed by atoms with van der Waals surface area (Å²) < 4.78 is 1.51. The van der Waals surface area contributed by atoms with E-state index in [0.717, 1.165) is 11.1 Å². The molecule has 3 aromatic rings. The van der Waals surface area contributed by atoms with Gasteiger partial charge in [0.15, 0.2) is 0 Å². The molecule has 7 heteroatoms. The van der Waals surface area contributed by atoms with Crippen LogP contribution in [0.4, 0.5) is 5.95 Å². The van der Waals surface area contributed by atoms with Gasteiger partial charge in [0.2, 0.25) is 11.2 Å². The van der Waals surface area contributed by atoms with Crippen LogP contribution in [0.1, 0.15) is 0 Å². The first-order valence-electron chi connectivity index (χ1n) is 5.50. The standard InChI is InChI=1S/C12H9ClN6/c13-10-16-11(14)18-12(17-10)19-7-9(6-15-19)8-4-2-1-3-5-8/h1-7H,(H2,14,16,17,18). The third kappa shape index (κ3) is 2.38. The summed E-state index contributed by atoms with van der Waals surface area (Å²) in [5.41, 5.74) is 7.54. The van der Waals surface area contributed by atoms with Gasteiger partial charge in [0, 0.05) is 11.8 Å². The van der Waals surface area contributed by atoms with Crippen molar-refractivity contribution in [3.8, 4) is 17.1 Å². The number of anilines is 1. The van der Waals surface area contributed by atoms with E-state index in [-0.39, 0.29) is 11.2 Å². The Kier molecular flexibility index (Phi) is 2.85. The molecule has 0 bridgehead atoms. The van der Waals surface area contributed by atoms with Gasteiger partial charge in [0.25, 0.3) is 5.95 Å². The van der Waals surface area contributed by atoms with Crippen molar-refractivity contribution >= 4 is 17.5 Å². The fourth-order valence-corrected chi connectivity index (χ4v) is 1.83. The Hall–Kier alpha value is -2.47. The quantitative estimate of drug-likeness (QED) is 0.771. The van der Waals surface area contributed by atoms with Gasteiger partial charge in [-0.3, -0.25) is 0 Å². The third-order valence-electron chi connectivity index (χ3n) is 2.51. The topological polar surface area (TPSA) is 82.5 Å². The van der Waals surface area contributed by atoms with E-state index in [0.29, 0.717) is 5.95 Å². The van der Waals surface area contributed by atoms with Crippen LogP contribution < -0.4 is 5.73 Å². The number of rotatable bonds is 2. The fourth-order valence-electron chi connectivity index (χ4n) is 1.67. The van der Waals surface area contributed by atoms with Gasteiger partial charge in [-0.2, -0.15) is 20.1 Å². The van der Waals surface area contributed by atoms with Crippen LogP contribution in [0.3, 0.4) is 0 Å². The minimum atomic E-state index is 0.0410. The van der Waals surface area contributed by atoms with Gasteiger partial charge in [0.1, 0.15) is 0 Å². The van der Waals surface area contributed by atoms with Gasteiger partial charge < -0.3 is 5.73 Å². The summed E-state index contributed by atoms with van der Waals surface area (Å²) in [6.45, 7) is 0. The maximum Gasteiger partial charge on any atom is 0.256 e. The molecule has 0 aliphatic rings. The van der Waals surface area contributed by atoms with Crippen LogP contribution in [0, 0.1) is 0 Å². The molecule has 1 aromatic carbocycles. The van der Waals surface area contributed by atoms with Gasteiger partial charge >= 0.3 is 0 Å². The lowest BCUT2D eigenvalue weighted by molar-refractivity contribution is 0.799. The summed E-state index contributed by atoms with van der Waals surface area (Å²) >= 11 is 5.74. The summed E-state index contributed by atoms with van der Waals surface area (Å²) in [7, 11) is 0. The summed E-state index contributed by atoms with van der Waals surface area (Å²) in [5, 5.41) is 4.24. The third-order valence-corrected chi connectivity index (χ3v) is 2.68. The van der Waals surface area contributed by atoms with E-state index in [1.54, 1.807) is 12.4 Å². The molecule has 0 unspecified atom stereocenters. The van der Waals surface area contributed by atoms with Gasteiger partial charge in [-0.1, -0.05) is 30.3 Å². The molecule has 2 N–H and O–H groups in total. The Morgan fingerprint density at radius 1 is 1.00 bits per heavy atom. The molecular formula is C12H9ClN6. The summed E-state index contributed by atoms with van der Waals surface area (Å²) in [6.07, 6.45) is 3.53. The highest BCUT2D eigenvalue weighted by atomic mass is 35.5. The predicted molar refractivity (Wildman–Crippen MR) is 71.8 cm³/mol. The van der Waals surface area contributed by atoms with E-state index >= 15 is 0 Å². The molecule has 0 aliphatic carbocycles. The normalized spacial score (nSPS) is 10.6. The zero-order chi connectivity index (χ0) is 13.2. The highest BCUT2D eigenvalue weighted by Crippen LogP contribution is 2.18. The second-order valence-corrected chi connectivity index (χ2v) is 4.14. The average Bonchev–Trinajstić information content (AvgIpc) is 2.88. The van der Waals surface area contributed by atoms with Gasteiger partial charge in [-0.05, 0) is 17.2 Å². The first kappa shape index (κ1) is 11.6. The van der Waals surface area contributed by atoms with E-state index < -0.39 is 0 Å². The van der Waals surface area contributed by atoms with Crippen molar-refractivity contribution in [2.75, 3.05) is 5.73 Å². The summed E-state index contributed by atoms with van der Waals surface area (Å²) in [6, 6.07) is 9.88. The van der Waals surface area contributed by atoms with Crippen molar-refractivity contribution < 1.29 is 0 Å². The molecule has 0 aliphatic heterocycles. The molecule has 6 nitrogen and oxygen atoms in total. The average molecular weight is 273 g/mol. The van der Waals surface area contributed by atoms with Crippen LogP contribution in [-0.4, -0.2) is 24.7 Å². The van der Waals surface area contributed by atoms with Crippen LogP contribution in [0.2, 0.25) is 5.28 Å². The first-order chi connectivity index (χ1) is 9.22. The van der Waals surface area contributed by atoms with Gasteiger partial charge in [0.05, 0.1) is 6.20 Å². The number of benzene rings is 1. The smallest absolute Gasteiger partial charge is 0.256 e. The number of nitrogens with zero attached hydrogens (tertiary/aromatic N) is 5. The molecule has 0 radical (unpaired) electrons. The van der Waals surface area contributed by atoms with Crippen molar-refractivity contribution in [1.29, 1.82) is 0 Å². The zero-order valence-corrected chi connectivity index (χ0v) is 10.5. The van der Waals surface area contributed by atoms with Crippen LogP contribution in [0.5, 0.6) is 0 Å². The maximum atomic E-state index is 5.74. The number of hydrogen-bond donors (Lipinski definition) is 1. The molecule has 94 valence electrons. The molecule has 0 amide bonds. The van der Waals surface area contributed by atoms with Crippen molar-refractivity contribution in [1.82, 2.24) is 24.7 Å². The van der Waals surface area contributed by atoms with Gasteiger partial charge in [-0.15, -0.1) is 0 Å². The molecular weight excluding hydrogens is 264 g/mol. The molecule has 2 heterocycles. The molecule has 0 fully saturated rings. The molecule has 3 rings (SSSR count). The minimum absolute atomic E-state index is 0.0410. The summed E-state index contributed by atoms with van der Waals surface area (Å²) in [5.74, 6) is 0.353. The lowest BCUT2D eigenvalue weighted by Gasteiger charge is -2.00. The highest BCUT2D eigenvalue weighted by Gasteiger charge is 2.07. The van der Waals surface area contributed by atoms with Crippen molar-refractivity contribution in [3.63, 3.8) is 0 Å². The SMILES string of the molecule is Nc1nc(Cl)nc(-n2cc(-c3ccccc3)cn2)n1. The second-order valence-electron chi connectivity index (χ2n) is 3.80. The Labute approximate surface area is 113 Å². The van der Waals surface area contributed by atoms with E-state index in [9.17, 15) is 0 Å². The van der Waals surface area contributed by atoms with Crippen LogP contribution >= 0.6 is 11.6 Å². The Balaban J connectivity index is 2.02.